The van der Waals surface area contributed by atoms with Crippen LogP contribution < -0.4 is 0 Å². The van der Waals surface area contributed by atoms with E-state index in [1.165, 1.54) is 11.8 Å². The van der Waals surface area contributed by atoms with Crippen molar-refractivity contribution >= 4 is 38.7 Å². The summed E-state index contributed by atoms with van der Waals surface area (Å²) in [6, 6.07) is 1.92. The SMILES string of the molecule is Cc1cc(C(=O)CSc2nnc([C@H]3CCS(=O)(=O)C3)n2C)c(C)s1. The highest BCUT2D eigenvalue weighted by molar-refractivity contribution is 7.99. The highest BCUT2D eigenvalue weighted by Crippen LogP contribution is 2.30. The van der Waals surface area contributed by atoms with E-state index in [1.807, 2.05) is 31.5 Å². The number of Topliss-reactive ketones (excluding diaryl/α,β-unsaturated/α-hetero) is 1. The summed E-state index contributed by atoms with van der Waals surface area (Å²) in [6.07, 6.45) is 0.589. The lowest BCUT2D eigenvalue weighted by Crippen LogP contribution is -2.09. The van der Waals surface area contributed by atoms with E-state index in [2.05, 4.69) is 10.2 Å². The molecule has 2 aromatic heterocycles. The van der Waals surface area contributed by atoms with E-state index in [1.54, 1.807) is 11.3 Å². The third kappa shape index (κ3) is 3.57. The molecule has 1 aliphatic heterocycles. The van der Waals surface area contributed by atoms with E-state index in [4.69, 9.17) is 0 Å². The quantitative estimate of drug-likeness (QED) is 0.580. The van der Waals surface area contributed by atoms with Crippen molar-refractivity contribution in [2.75, 3.05) is 17.3 Å². The van der Waals surface area contributed by atoms with Crippen molar-refractivity contribution in [2.24, 2.45) is 7.05 Å². The van der Waals surface area contributed by atoms with Crippen molar-refractivity contribution in [2.45, 2.75) is 31.3 Å². The summed E-state index contributed by atoms with van der Waals surface area (Å²) in [5, 5.41) is 8.93. The summed E-state index contributed by atoms with van der Waals surface area (Å²) in [5.74, 6) is 1.31. The largest absolute Gasteiger partial charge is 0.309 e. The first-order valence-corrected chi connectivity index (χ1v) is 11.2. The van der Waals surface area contributed by atoms with Gasteiger partial charge in [-0.15, -0.1) is 21.5 Å². The molecule has 9 heteroatoms. The van der Waals surface area contributed by atoms with Gasteiger partial charge in [0.15, 0.2) is 20.8 Å². The zero-order valence-corrected chi connectivity index (χ0v) is 16.2. The summed E-state index contributed by atoms with van der Waals surface area (Å²) in [6.45, 7) is 3.95. The van der Waals surface area contributed by atoms with Crippen LogP contribution in [0, 0.1) is 13.8 Å². The van der Waals surface area contributed by atoms with Gasteiger partial charge in [-0.2, -0.15) is 0 Å². The van der Waals surface area contributed by atoms with Crippen molar-refractivity contribution in [1.82, 2.24) is 14.8 Å². The minimum Gasteiger partial charge on any atom is -0.309 e. The van der Waals surface area contributed by atoms with Crippen LogP contribution in [0.4, 0.5) is 0 Å². The summed E-state index contributed by atoms with van der Waals surface area (Å²) >= 11 is 2.97. The van der Waals surface area contributed by atoms with Crippen LogP contribution in [0.15, 0.2) is 11.2 Å². The molecule has 0 amide bonds. The number of hydrogen-bond acceptors (Lipinski definition) is 7. The van der Waals surface area contributed by atoms with Crippen molar-refractivity contribution in [1.29, 1.82) is 0 Å². The minimum atomic E-state index is -2.96. The summed E-state index contributed by atoms with van der Waals surface area (Å²) < 4.78 is 25.1. The van der Waals surface area contributed by atoms with Gasteiger partial charge in [0.05, 0.1) is 17.3 Å². The molecule has 1 fully saturated rings. The second-order valence-electron chi connectivity index (χ2n) is 6.04. The number of aromatic nitrogens is 3. The molecular weight excluding hydrogens is 366 g/mol. The summed E-state index contributed by atoms with van der Waals surface area (Å²) in [7, 11) is -1.13. The van der Waals surface area contributed by atoms with Crippen molar-refractivity contribution in [3.63, 3.8) is 0 Å². The van der Waals surface area contributed by atoms with E-state index < -0.39 is 9.84 Å². The fourth-order valence-electron chi connectivity index (χ4n) is 2.92. The molecule has 0 aromatic carbocycles. The Bertz CT molecular complexity index is 883. The second kappa shape index (κ2) is 6.61. The maximum Gasteiger partial charge on any atom is 0.191 e. The van der Waals surface area contributed by atoms with Gasteiger partial charge in [0.2, 0.25) is 0 Å². The van der Waals surface area contributed by atoms with Crippen molar-refractivity contribution in [3.8, 4) is 0 Å². The number of rotatable bonds is 5. The maximum absolute atomic E-state index is 12.4. The van der Waals surface area contributed by atoms with Gasteiger partial charge in [0.1, 0.15) is 5.82 Å². The van der Waals surface area contributed by atoms with Crippen molar-refractivity contribution in [3.05, 3.63) is 27.2 Å². The molecule has 1 saturated heterocycles. The van der Waals surface area contributed by atoms with Gasteiger partial charge in [-0.1, -0.05) is 11.8 Å². The van der Waals surface area contributed by atoms with Gasteiger partial charge in [0.25, 0.3) is 0 Å². The number of sulfone groups is 1. The van der Waals surface area contributed by atoms with Crippen LogP contribution in [-0.4, -0.2) is 46.2 Å². The highest BCUT2D eigenvalue weighted by Gasteiger charge is 2.32. The van der Waals surface area contributed by atoms with Gasteiger partial charge in [-0.25, -0.2) is 8.42 Å². The third-order valence-corrected chi connectivity index (χ3v) is 7.89. The number of hydrogen-bond donors (Lipinski definition) is 0. The standard InChI is InChI=1S/C15H19N3O3S3/c1-9-6-12(10(2)23-9)13(19)7-22-15-17-16-14(18(15)3)11-4-5-24(20,21)8-11/h6,11H,4-5,7-8H2,1-3H3/t11-/m0/s1. The molecule has 0 unspecified atom stereocenters. The number of thiophene rings is 1. The highest BCUT2D eigenvalue weighted by atomic mass is 32.2. The molecule has 0 N–H and O–H groups in total. The molecule has 1 aliphatic rings. The van der Waals surface area contributed by atoms with Crippen LogP contribution in [0.2, 0.25) is 0 Å². The molecule has 0 saturated carbocycles. The van der Waals surface area contributed by atoms with Gasteiger partial charge in [-0.05, 0) is 26.3 Å². The third-order valence-electron chi connectivity index (χ3n) is 4.14. The zero-order valence-electron chi connectivity index (χ0n) is 13.8. The van der Waals surface area contributed by atoms with Gasteiger partial charge in [-0.3, -0.25) is 4.79 Å². The number of ketones is 1. The Morgan fingerprint density at radius 1 is 1.42 bits per heavy atom. The normalized spacial score (nSPS) is 19.7. The Labute approximate surface area is 149 Å². The monoisotopic (exact) mass is 385 g/mol. The average molecular weight is 386 g/mol. The molecule has 0 bridgehead atoms. The predicted octanol–water partition coefficient (Wildman–Crippen LogP) is 2.37. The fraction of sp³-hybridized carbons (Fsp3) is 0.533. The van der Waals surface area contributed by atoms with Gasteiger partial charge in [0, 0.05) is 28.3 Å². The van der Waals surface area contributed by atoms with E-state index in [9.17, 15) is 13.2 Å². The number of nitrogens with zero attached hydrogens (tertiary/aromatic N) is 3. The molecule has 3 heterocycles. The summed E-state index contributed by atoms with van der Waals surface area (Å²) in [5.41, 5.74) is 0.772. The molecule has 24 heavy (non-hydrogen) atoms. The molecule has 130 valence electrons. The molecule has 0 aliphatic carbocycles. The number of carbonyl (C=O) groups excluding carboxylic acids is 1. The van der Waals surface area contributed by atoms with Crippen LogP contribution in [0.5, 0.6) is 0 Å². The van der Waals surface area contributed by atoms with E-state index >= 15 is 0 Å². The van der Waals surface area contributed by atoms with Crippen molar-refractivity contribution < 1.29 is 13.2 Å². The Hall–Kier alpha value is -1.19. The molecule has 2 aromatic rings. The van der Waals surface area contributed by atoms with E-state index in [-0.39, 0.29) is 23.2 Å². The second-order valence-corrected chi connectivity index (χ2v) is 10.7. The average Bonchev–Trinajstić information content (AvgIpc) is 3.14. The van der Waals surface area contributed by atoms with Crippen LogP contribution in [0.1, 0.15) is 38.3 Å². The maximum atomic E-state index is 12.4. The van der Waals surface area contributed by atoms with Crippen LogP contribution in [0.3, 0.4) is 0 Å². The Morgan fingerprint density at radius 3 is 2.75 bits per heavy atom. The molecule has 0 spiro atoms. The Kier molecular flexibility index (Phi) is 4.85. The molecular formula is C15H19N3O3S3. The predicted molar refractivity (Wildman–Crippen MR) is 95.9 cm³/mol. The first kappa shape index (κ1) is 17.6. The van der Waals surface area contributed by atoms with Crippen LogP contribution in [-0.2, 0) is 16.9 Å². The summed E-state index contributed by atoms with van der Waals surface area (Å²) in [4.78, 5) is 14.5. The Balaban J connectivity index is 1.69. The lowest BCUT2D eigenvalue weighted by Gasteiger charge is -2.07. The van der Waals surface area contributed by atoms with Gasteiger partial charge >= 0.3 is 0 Å². The smallest absolute Gasteiger partial charge is 0.191 e. The number of carbonyl (C=O) groups is 1. The van der Waals surface area contributed by atoms with Crippen LogP contribution in [0.25, 0.3) is 0 Å². The number of aryl methyl sites for hydroxylation is 2. The lowest BCUT2D eigenvalue weighted by atomic mass is 10.1. The van der Waals surface area contributed by atoms with Gasteiger partial charge < -0.3 is 4.57 Å². The van der Waals surface area contributed by atoms with E-state index in [0.717, 1.165) is 15.3 Å². The first-order chi connectivity index (χ1) is 11.3. The Morgan fingerprint density at radius 2 is 2.17 bits per heavy atom. The molecule has 3 rings (SSSR count). The number of thioether (sulfide) groups is 1. The topological polar surface area (TPSA) is 81.9 Å². The molecule has 0 radical (unpaired) electrons. The lowest BCUT2D eigenvalue weighted by molar-refractivity contribution is 0.102. The minimum absolute atomic E-state index is 0.0786. The first-order valence-electron chi connectivity index (χ1n) is 7.59. The zero-order chi connectivity index (χ0) is 17.5. The fourth-order valence-corrected chi connectivity index (χ4v) is 6.40. The molecule has 6 nitrogen and oxygen atoms in total. The molecule has 1 atom stereocenters. The van der Waals surface area contributed by atoms with Crippen LogP contribution >= 0.6 is 23.1 Å². The van der Waals surface area contributed by atoms with E-state index in [0.29, 0.717) is 23.2 Å².